The molecule has 4 aromatic rings. The van der Waals surface area contributed by atoms with Crippen LogP contribution >= 0.6 is 0 Å². The van der Waals surface area contributed by atoms with Gasteiger partial charge in [0.15, 0.2) is 0 Å². The molecule has 1 aliphatic heterocycles. The van der Waals surface area contributed by atoms with Gasteiger partial charge in [-0.25, -0.2) is 8.78 Å². The lowest BCUT2D eigenvalue weighted by Gasteiger charge is -2.41. The van der Waals surface area contributed by atoms with Crippen molar-refractivity contribution in [2.24, 2.45) is 0 Å². The number of nitrogens with one attached hydrogen (secondary N) is 3. The Hall–Kier alpha value is -4.10. The molecule has 0 spiro atoms. The maximum Gasteiger partial charge on any atom is 0.300 e. The summed E-state index contributed by atoms with van der Waals surface area (Å²) in [5.74, 6) is 0.827. The average molecular weight is 476 g/mol. The van der Waals surface area contributed by atoms with Gasteiger partial charge in [0.05, 0.1) is 17.7 Å². The molecule has 8 nitrogen and oxygen atoms in total. The molecule has 2 aromatic heterocycles. The summed E-state index contributed by atoms with van der Waals surface area (Å²) in [4.78, 5) is 17.8. The van der Waals surface area contributed by atoms with Crippen LogP contribution in [0.3, 0.4) is 0 Å². The quantitative estimate of drug-likeness (QED) is 0.293. The van der Waals surface area contributed by atoms with Crippen molar-refractivity contribution in [2.45, 2.75) is 38.4 Å². The molecule has 0 saturated carbocycles. The summed E-state index contributed by atoms with van der Waals surface area (Å²) in [6, 6.07) is 8.84. The number of tetrazole rings is 1. The number of hydrogen-bond acceptors (Lipinski definition) is 5. The van der Waals surface area contributed by atoms with Crippen LogP contribution in [0.15, 0.2) is 36.4 Å². The zero-order chi connectivity index (χ0) is 24.5. The highest BCUT2D eigenvalue weighted by Gasteiger charge is 2.40. The predicted octanol–water partition coefficient (Wildman–Crippen LogP) is 3.45. The van der Waals surface area contributed by atoms with Crippen LogP contribution < -0.4 is 5.32 Å². The number of carbonyl (C=O) groups excluding carboxylic acids is 1. The van der Waals surface area contributed by atoms with E-state index in [9.17, 15) is 13.6 Å². The maximum atomic E-state index is 14.7. The van der Waals surface area contributed by atoms with E-state index < -0.39 is 29.7 Å². The largest absolute Gasteiger partial charge is 0.354 e. The van der Waals surface area contributed by atoms with Crippen LogP contribution in [0.2, 0.25) is 0 Å². The number of terminal acetylenes is 1. The van der Waals surface area contributed by atoms with E-state index in [0.717, 1.165) is 35.6 Å². The normalized spacial score (nSPS) is 17.4. The van der Waals surface area contributed by atoms with Gasteiger partial charge in [0.1, 0.15) is 11.6 Å². The van der Waals surface area contributed by atoms with Crippen LogP contribution in [-0.2, 0) is 11.2 Å². The third-order valence-corrected chi connectivity index (χ3v) is 6.35. The van der Waals surface area contributed by atoms with Crippen LogP contribution in [0.4, 0.5) is 8.78 Å². The fourth-order valence-corrected chi connectivity index (χ4v) is 4.73. The smallest absolute Gasteiger partial charge is 0.300 e. The Morgan fingerprint density at radius 1 is 1.29 bits per heavy atom. The van der Waals surface area contributed by atoms with Crippen molar-refractivity contribution in [3.05, 3.63) is 64.9 Å². The second-order valence-electron chi connectivity index (χ2n) is 8.47. The van der Waals surface area contributed by atoms with Gasteiger partial charge in [0.25, 0.3) is 5.91 Å². The molecule has 0 saturated heterocycles. The minimum Gasteiger partial charge on any atom is -0.354 e. The lowest BCUT2D eigenvalue weighted by atomic mass is 9.90. The molecule has 5 rings (SSSR count). The van der Waals surface area contributed by atoms with Gasteiger partial charge >= 0.3 is 0 Å². The van der Waals surface area contributed by atoms with Crippen LogP contribution in [0.5, 0.6) is 0 Å². The molecule has 2 aromatic carbocycles. The summed E-state index contributed by atoms with van der Waals surface area (Å²) in [7, 11) is 0. The highest BCUT2D eigenvalue weighted by Crippen LogP contribution is 2.41. The molecule has 178 valence electrons. The highest BCUT2D eigenvalue weighted by molar-refractivity contribution is 5.95. The van der Waals surface area contributed by atoms with E-state index in [2.05, 4.69) is 43.8 Å². The van der Waals surface area contributed by atoms with Gasteiger partial charge in [0, 0.05) is 29.1 Å². The summed E-state index contributed by atoms with van der Waals surface area (Å²) in [5.41, 5.74) is 3.04. The summed E-state index contributed by atoms with van der Waals surface area (Å²) < 4.78 is 28.9. The lowest BCUT2D eigenvalue weighted by Crippen LogP contribution is -2.54. The van der Waals surface area contributed by atoms with Crippen molar-refractivity contribution in [2.75, 3.05) is 6.54 Å². The third kappa shape index (κ3) is 4.04. The molecule has 0 radical (unpaired) electrons. The summed E-state index contributed by atoms with van der Waals surface area (Å²) >= 11 is 0. The number of halogens is 2. The molecule has 3 N–H and O–H groups in total. The molecule has 0 bridgehead atoms. The first-order valence-corrected chi connectivity index (χ1v) is 11.4. The molecule has 0 aliphatic carbocycles. The zero-order valence-electron chi connectivity index (χ0n) is 19.0. The Morgan fingerprint density at radius 2 is 2.09 bits per heavy atom. The molecule has 1 amide bonds. The molecule has 0 fully saturated rings. The van der Waals surface area contributed by atoms with Crippen LogP contribution in [0, 0.1) is 24.0 Å². The summed E-state index contributed by atoms with van der Waals surface area (Å²) in [5, 5.41) is 17.9. The van der Waals surface area contributed by atoms with Gasteiger partial charge in [0.2, 0.25) is 5.82 Å². The van der Waals surface area contributed by atoms with E-state index in [1.165, 1.54) is 6.07 Å². The number of fused-ring (bicyclic) bond motifs is 3. The van der Waals surface area contributed by atoms with E-state index in [-0.39, 0.29) is 5.52 Å². The van der Waals surface area contributed by atoms with Gasteiger partial charge in [-0.05, 0) is 41.3 Å². The van der Waals surface area contributed by atoms with E-state index >= 15 is 0 Å². The minimum absolute atomic E-state index is 0.201. The number of benzene rings is 2. The monoisotopic (exact) mass is 475 g/mol. The summed E-state index contributed by atoms with van der Waals surface area (Å²) in [6.07, 6.45) is 7.35. The van der Waals surface area contributed by atoms with Gasteiger partial charge in [-0.15, -0.1) is 16.6 Å². The number of H-pyrrole nitrogens is 2. The van der Waals surface area contributed by atoms with Crippen molar-refractivity contribution in [3.8, 4) is 23.7 Å². The molecule has 1 aliphatic rings. The van der Waals surface area contributed by atoms with Crippen LogP contribution in [0.25, 0.3) is 22.3 Å². The Balaban J connectivity index is 1.67. The number of carbonyl (C=O) groups is 1. The average Bonchev–Trinajstić information content (AvgIpc) is 3.52. The maximum absolute atomic E-state index is 14.7. The first-order chi connectivity index (χ1) is 17.0. The topological polar surface area (TPSA) is 103 Å². The zero-order valence-corrected chi connectivity index (χ0v) is 19.0. The molecule has 10 heteroatoms. The van der Waals surface area contributed by atoms with Crippen molar-refractivity contribution in [1.29, 1.82) is 0 Å². The SMILES string of the molecule is C#CC(=O)N1[C@@H](c2ccc(-c3nn[nH]n3)cc2)c2[nH]c3c(F)cc(F)cc3c2C[C@@H]1NCCCC. The third-order valence-electron chi connectivity index (χ3n) is 6.35. The number of rotatable bonds is 6. The van der Waals surface area contributed by atoms with Gasteiger partial charge < -0.3 is 9.88 Å². The molecule has 2 atom stereocenters. The Morgan fingerprint density at radius 3 is 2.77 bits per heavy atom. The number of hydrogen-bond donors (Lipinski definition) is 3. The number of aromatic nitrogens is 5. The highest BCUT2D eigenvalue weighted by atomic mass is 19.1. The number of aromatic amines is 2. The summed E-state index contributed by atoms with van der Waals surface area (Å²) in [6.45, 7) is 2.74. The molecule has 35 heavy (non-hydrogen) atoms. The van der Waals surface area contributed by atoms with Crippen molar-refractivity contribution >= 4 is 16.8 Å². The van der Waals surface area contributed by atoms with Crippen LogP contribution in [-0.4, -0.2) is 49.1 Å². The Kier molecular flexibility index (Phi) is 6.01. The Bertz CT molecular complexity index is 1410. The number of nitrogens with zero attached hydrogens (tertiary/aromatic N) is 4. The van der Waals surface area contributed by atoms with E-state index in [1.807, 2.05) is 24.3 Å². The molecule has 3 heterocycles. The van der Waals surface area contributed by atoms with Crippen molar-refractivity contribution in [3.63, 3.8) is 0 Å². The molecular weight excluding hydrogens is 452 g/mol. The van der Waals surface area contributed by atoms with E-state index in [1.54, 1.807) is 4.90 Å². The van der Waals surface area contributed by atoms with E-state index in [0.29, 0.717) is 29.9 Å². The van der Waals surface area contributed by atoms with Gasteiger partial charge in [-0.3, -0.25) is 10.1 Å². The standard InChI is InChI=1S/C25H23F2N7O/c1-3-5-10-28-20-13-18-17-11-16(26)12-19(27)22(17)29-23(18)24(34(20)21(35)4-2)14-6-8-15(9-7-14)25-30-32-33-31-25/h2,6-9,11-12,20,24,28-29H,3,5,10,13H2,1H3,(H,30,31,32,33)/t20-,24+/m1/s1. The van der Waals surface area contributed by atoms with E-state index in [4.69, 9.17) is 6.42 Å². The number of amides is 1. The first-order valence-electron chi connectivity index (χ1n) is 11.4. The van der Waals surface area contributed by atoms with Gasteiger partial charge in [-0.2, -0.15) is 5.21 Å². The second kappa shape index (κ2) is 9.27. The number of unbranched alkanes of at least 4 members (excludes halogenated alkanes) is 1. The fourth-order valence-electron chi connectivity index (χ4n) is 4.73. The molecular formula is C25H23F2N7O. The van der Waals surface area contributed by atoms with Gasteiger partial charge in [-0.1, -0.05) is 37.6 Å². The molecule has 0 unspecified atom stereocenters. The van der Waals surface area contributed by atoms with Crippen molar-refractivity contribution in [1.82, 2.24) is 35.8 Å². The lowest BCUT2D eigenvalue weighted by molar-refractivity contribution is -0.130. The first kappa shape index (κ1) is 22.7. The fraction of sp³-hybridized carbons (Fsp3) is 0.280. The second-order valence-corrected chi connectivity index (χ2v) is 8.47. The predicted molar refractivity (Wildman–Crippen MR) is 126 cm³/mol. The van der Waals surface area contributed by atoms with Crippen LogP contribution in [0.1, 0.15) is 42.6 Å². The minimum atomic E-state index is -0.689. The Labute approximate surface area is 200 Å². The van der Waals surface area contributed by atoms with Crippen molar-refractivity contribution < 1.29 is 13.6 Å².